The predicted molar refractivity (Wildman–Crippen MR) is 161 cm³/mol. The average molecular weight is 605 g/mol. The van der Waals surface area contributed by atoms with E-state index in [4.69, 9.17) is 23.2 Å². The molecule has 0 saturated carbocycles. The quantitative estimate of drug-likeness (QED) is 0.285. The summed E-state index contributed by atoms with van der Waals surface area (Å²) in [7, 11) is -4.25. The van der Waals surface area contributed by atoms with E-state index < -0.39 is 28.5 Å². The Labute approximate surface area is 247 Å². The number of amides is 2. The highest BCUT2D eigenvalue weighted by molar-refractivity contribution is 7.92. The number of sulfonamides is 1. The van der Waals surface area contributed by atoms with Gasteiger partial charge in [-0.25, -0.2) is 8.42 Å². The molecule has 3 aromatic carbocycles. The second-order valence-corrected chi connectivity index (χ2v) is 12.5. The van der Waals surface area contributed by atoms with Crippen LogP contribution in [0.1, 0.15) is 43.9 Å². The van der Waals surface area contributed by atoms with E-state index in [0.717, 1.165) is 27.4 Å². The van der Waals surface area contributed by atoms with Gasteiger partial charge < -0.3 is 10.2 Å². The lowest BCUT2D eigenvalue weighted by Crippen LogP contribution is -2.52. The molecule has 1 N–H and O–H groups in total. The average Bonchev–Trinajstić information content (AvgIpc) is 2.92. The van der Waals surface area contributed by atoms with E-state index in [1.165, 1.54) is 29.2 Å². The monoisotopic (exact) mass is 603 g/mol. The lowest BCUT2D eigenvalue weighted by molar-refractivity contribution is -0.139. The molecule has 2 atom stereocenters. The van der Waals surface area contributed by atoms with E-state index in [2.05, 4.69) is 5.32 Å². The van der Waals surface area contributed by atoms with Gasteiger partial charge in [-0.2, -0.15) is 0 Å². The third kappa shape index (κ3) is 7.36. The van der Waals surface area contributed by atoms with E-state index in [1.54, 1.807) is 25.1 Å². The van der Waals surface area contributed by atoms with E-state index in [9.17, 15) is 18.0 Å². The molecule has 0 aliphatic carbocycles. The molecule has 0 spiro atoms. The predicted octanol–water partition coefficient (Wildman–Crippen LogP) is 6.14. The van der Waals surface area contributed by atoms with Crippen molar-refractivity contribution in [1.29, 1.82) is 0 Å². The minimum atomic E-state index is -4.25. The fourth-order valence-corrected chi connectivity index (χ4v) is 5.93. The number of benzene rings is 3. The van der Waals surface area contributed by atoms with Crippen LogP contribution in [0.5, 0.6) is 0 Å². The Morgan fingerprint density at radius 1 is 0.925 bits per heavy atom. The van der Waals surface area contributed by atoms with Gasteiger partial charge in [-0.05, 0) is 69.5 Å². The molecule has 3 rings (SSSR count). The first kappa shape index (κ1) is 31.5. The summed E-state index contributed by atoms with van der Waals surface area (Å²) in [5.74, 6) is -0.896. The van der Waals surface area contributed by atoms with Gasteiger partial charge in [0.25, 0.3) is 10.0 Å². The van der Waals surface area contributed by atoms with Gasteiger partial charge in [0.15, 0.2) is 0 Å². The molecular weight excluding hydrogens is 569 g/mol. The largest absolute Gasteiger partial charge is 0.352 e. The molecule has 0 aromatic heterocycles. The Morgan fingerprint density at radius 3 is 2.20 bits per heavy atom. The first-order valence-corrected chi connectivity index (χ1v) is 15.2. The molecule has 2 amide bonds. The van der Waals surface area contributed by atoms with Crippen LogP contribution >= 0.6 is 23.2 Å². The first-order chi connectivity index (χ1) is 18.9. The third-order valence-corrected chi connectivity index (χ3v) is 9.44. The van der Waals surface area contributed by atoms with Crippen LogP contribution in [0.3, 0.4) is 0 Å². The lowest BCUT2D eigenvalue weighted by atomic mass is 10.1. The zero-order chi connectivity index (χ0) is 29.6. The molecular formula is C30H35Cl2N3O4S. The summed E-state index contributed by atoms with van der Waals surface area (Å²) in [6.07, 6.45) is 0.722. The summed E-state index contributed by atoms with van der Waals surface area (Å²) in [6.45, 7) is 8.76. The van der Waals surface area contributed by atoms with Crippen LogP contribution in [-0.4, -0.2) is 43.8 Å². The van der Waals surface area contributed by atoms with Crippen molar-refractivity contribution in [3.63, 3.8) is 0 Å². The number of rotatable bonds is 11. The summed E-state index contributed by atoms with van der Waals surface area (Å²) in [5.41, 5.74) is 2.73. The number of hydrogen-bond acceptors (Lipinski definition) is 4. The summed E-state index contributed by atoms with van der Waals surface area (Å²) in [6, 6.07) is 17.5. The highest BCUT2D eigenvalue weighted by Crippen LogP contribution is 2.35. The Bertz CT molecular complexity index is 1460. The van der Waals surface area contributed by atoms with Crippen molar-refractivity contribution < 1.29 is 18.0 Å². The van der Waals surface area contributed by atoms with Gasteiger partial charge in [0, 0.05) is 12.6 Å². The molecule has 7 nitrogen and oxygen atoms in total. The minimum Gasteiger partial charge on any atom is -0.352 e. The number of carbonyl (C=O) groups excluding carboxylic acids is 2. The third-order valence-electron chi connectivity index (χ3n) is 6.86. The maximum atomic E-state index is 14.0. The van der Waals surface area contributed by atoms with Crippen molar-refractivity contribution in [2.24, 2.45) is 0 Å². The van der Waals surface area contributed by atoms with E-state index in [-0.39, 0.29) is 39.1 Å². The fraction of sp³-hybridized carbons (Fsp3) is 0.333. The summed E-state index contributed by atoms with van der Waals surface area (Å²) < 4.78 is 28.8. The minimum absolute atomic E-state index is 0.000620. The van der Waals surface area contributed by atoms with E-state index >= 15 is 0 Å². The van der Waals surface area contributed by atoms with Crippen LogP contribution in [-0.2, 0) is 26.2 Å². The standard InChI is InChI=1S/C30H35Cl2N3O4S/c1-6-22(4)33-30(37)23(5)34(18-24-11-8-7-10-21(24)3)28(36)19-35(27-13-9-12-26(31)29(27)32)40(38,39)25-16-14-20(2)15-17-25/h7-17,22-23H,6,18-19H2,1-5H3,(H,33,37)/t22-,23+/m0/s1. The van der Waals surface area contributed by atoms with Crippen LogP contribution in [0.2, 0.25) is 10.0 Å². The topological polar surface area (TPSA) is 86.8 Å². The highest BCUT2D eigenvalue weighted by atomic mass is 35.5. The molecule has 0 saturated heterocycles. The van der Waals surface area contributed by atoms with Gasteiger partial charge in [0.05, 0.1) is 20.6 Å². The van der Waals surface area contributed by atoms with Crippen LogP contribution in [0.4, 0.5) is 5.69 Å². The van der Waals surface area contributed by atoms with Gasteiger partial charge in [-0.15, -0.1) is 0 Å². The van der Waals surface area contributed by atoms with Crippen molar-refractivity contribution in [2.75, 3.05) is 10.8 Å². The maximum Gasteiger partial charge on any atom is 0.264 e. The molecule has 0 bridgehead atoms. The number of halogens is 2. The van der Waals surface area contributed by atoms with Gasteiger partial charge in [0.1, 0.15) is 12.6 Å². The molecule has 3 aromatic rings. The fourth-order valence-electron chi connectivity index (χ4n) is 4.05. The smallest absolute Gasteiger partial charge is 0.264 e. The first-order valence-electron chi connectivity index (χ1n) is 13.0. The number of hydrogen-bond donors (Lipinski definition) is 1. The summed E-state index contributed by atoms with van der Waals surface area (Å²) in [5, 5.41) is 3.07. The number of nitrogens with one attached hydrogen (secondary N) is 1. The molecule has 0 unspecified atom stereocenters. The highest BCUT2D eigenvalue weighted by Gasteiger charge is 2.34. The van der Waals surface area contributed by atoms with Crippen molar-refractivity contribution in [3.05, 3.63) is 93.5 Å². The van der Waals surface area contributed by atoms with Crippen molar-refractivity contribution >= 4 is 50.7 Å². The van der Waals surface area contributed by atoms with E-state index in [0.29, 0.717) is 0 Å². The number of carbonyl (C=O) groups is 2. The SMILES string of the molecule is CC[C@H](C)NC(=O)[C@@H](C)N(Cc1ccccc1C)C(=O)CN(c1cccc(Cl)c1Cl)S(=O)(=O)c1ccc(C)cc1. The Kier molecular flexibility index (Phi) is 10.6. The number of nitrogens with zero attached hydrogens (tertiary/aromatic N) is 2. The van der Waals surface area contributed by atoms with Gasteiger partial charge in [0.2, 0.25) is 11.8 Å². The molecule has 0 radical (unpaired) electrons. The van der Waals surface area contributed by atoms with Gasteiger partial charge in [-0.3, -0.25) is 13.9 Å². The van der Waals surface area contributed by atoms with Crippen LogP contribution in [0.15, 0.2) is 71.6 Å². The zero-order valence-electron chi connectivity index (χ0n) is 23.3. The van der Waals surface area contributed by atoms with Crippen LogP contribution in [0.25, 0.3) is 0 Å². The normalized spacial score (nSPS) is 12.9. The molecule has 0 heterocycles. The molecule has 214 valence electrons. The Morgan fingerprint density at radius 2 is 1.57 bits per heavy atom. The Hall–Kier alpha value is -3.07. The van der Waals surface area contributed by atoms with E-state index in [1.807, 2.05) is 52.0 Å². The molecule has 10 heteroatoms. The van der Waals surface area contributed by atoms with Gasteiger partial charge in [-0.1, -0.05) is 78.2 Å². The molecule has 40 heavy (non-hydrogen) atoms. The van der Waals surface area contributed by atoms with Crippen molar-refractivity contribution in [1.82, 2.24) is 10.2 Å². The Balaban J connectivity index is 2.08. The lowest BCUT2D eigenvalue weighted by Gasteiger charge is -2.33. The molecule has 0 aliphatic rings. The second kappa shape index (κ2) is 13.5. The maximum absolute atomic E-state index is 14.0. The zero-order valence-corrected chi connectivity index (χ0v) is 25.6. The van der Waals surface area contributed by atoms with Crippen molar-refractivity contribution in [3.8, 4) is 0 Å². The van der Waals surface area contributed by atoms with Crippen LogP contribution < -0.4 is 9.62 Å². The van der Waals surface area contributed by atoms with Crippen LogP contribution in [0, 0.1) is 13.8 Å². The second-order valence-electron chi connectivity index (χ2n) is 9.84. The summed E-state index contributed by atoms with van der Waals surface area (Å²) in [4.78, 5) is 28.6. The molecule has 0 fully saturated rings. The number of anilines is 1. The summed E-state index contributed by atoms with van der Waals surface area (Å²) >= 11 is 12.7. The van der Waals surface area contributed by atoms with Gasteiger partial charge >= 0.3 is 0 Å². The molecule has 0 aliphatic heterocycles. The number of aryl methyl sites for hydroxylation is 2. The van der Waals surface area contributed by atoms with Crippen molar-refractivity contribution in [2.45, 2.75) is 64.6 Å².